The molecule has 0 unspecified atom stereocenters. The number of aliphatic hydroxyl groups excluding tert-OH is 1. The van der Waals surface area contributed by atoms with E-state index in [4.69, 9.17) is 9.84 Å². The number of rotatable bonds is 6. The van der Waals surface area contributed by atoms with E-state index in [1.807, 2.05) is 11.9 Å². The molecule has 4 rings (SSSR count). The van der Waals surface area contributed by atoms with Crippen molar-refractivity contribution in [2.24, 2.45) is 0 Å². The quantitative estimate of drug-likeness (QED) is 0.582. The zero-order valence-electron chi connectivity index (χ0n) is 16.0. The second-order valence-electron chi connectivity index (χ2n) is 6.63. The number of hydrogen-bond acceptors (Lipinski definition) is 8. The van der Waals surface area contributed by atoms with Crippen molar-refractivity contribution in [3.63, 3.8) is 0 Å². The second-order valence-corrected chi connectivity index (χ2v) is 6.63. The topological polar surface area (TPSA) is 97.0 Å². The summed E-state index contributed by atoms with van der Waals surface area (Å²) in [7, 11) is 1.89. The van der Waals surface area contributed by atoms with E-state index >= 15 is 0 Å². The van der Waals surface area contributed by atoms with Gasteiger partial charge in [-0.2, -0.15) is 4.52 Å². The molecule has 2 aromatic heterocycles. The molecule has 0 amide bonds. The van der Waals surface area contributed by atoms with E-state index in [2.05, 4.69) is 25.3 Å². The van der Waals surface area contributed by atoms with Crippen LogP contribution < -0.4 is 19.7 Å². The van der Waals surface area contributed by atoms with Crippen LogP contribution in [0.15, 0.2) is 24.3 Å². The zero-order valence-corrected chi connectivity index (χ0v) is 16.0. The highest BCUT2D eigenvalue weighted by molar-refractivity contribution is 5.82. The Morgan fingerprint density at radius 2 is 2.13 bits per heavy atom. The molecule has 0 aliphatic carbocycles. The number of anilines is 2. The third-order valence-corrected chi connectivity index (χ3v) is 4.49. The van der Waals surface area contributed by atoms with E-state index in [1.165, 1.54) is 22.7 Å². The lowest BCUT2D eigenvalue weighted by Gasteiger charge is -2.29. The van der Waals surface area contributed by atoms with Gasteiger partial charge in [0.1, 0.15) is 18.0 Å². The van der Waals surface area contributed by atoms with E-state index in [0.29, 0.717) is 54.6 Å². The Kier molecular flexibility index (Phi) is 5.24. The number of hydrogen-bond donors (Lipinski definition) is 2. The summed E-state index contributed by atoms with van der Waals surface area (Å²) in [4.78, 5) is 1.97. The second kappa shape index (κ2) is 7.86. The van der Waals surface area contributed by atoms with Crippen molar-refractivity contribution in [3.05, 3.63) is 24.3 Å². The molecule has 0 fully saturated rings. The van der Waals surface area contributed by atoms with Gasteiger partial charge in [-0.15, -0.1) is 28.5 Å². The first-order valence-corrected chi connectivity index (χ1v) is 9.21. The predicted molar refractivity (Wildman–Crippen MR) is 102 cm³/mol. The van der Waals surface area contributed by atoms with Crippen LogP contribution in [0.3, 0.4) is 0 Å². The molecule has 0 saturated carbocycles. The van der Waals surface area contributed by atoms with E-state index in [1.54, 1.807) is 6.07 Å². The zero-order chi connectivity index (χ0) is 21.3. The maximum absolute atomic E-state index is 12.6. The number of benzene rings is 1. The number of ether oxygens (including phenoxy) is 2. The Bertz CT molecular complexity index is 1060. The van der Waals surface area contributed by atoms with Gasteiger partial charge in [-0.05, 0) is 18.6 Å². The minimum atomic E-state index is -4.80. The molecule has 1 aliphatic heterocycles. The first-order valence-electron chi connectivity index (χ1n) is 9.21. The molecule has 12 heteroatoms. The highest BCUT2D eigenvalue weighted by atomic mass is 19.4. The van der Waals surface area contributed by atoms with Gasteiger partial charge in [0.2, 0.25) is 5.65 Å². The molecule has 160 valence electrons. The SMILES string of the molecule is CN1CCOc2c1c(NCCCO)nn1c(-c3cccc(OC(F)(F)F)c3)nnc21. The first-order chi connectivity index (χ1) is 14.4. The number of nitrogens with one attached hydrogen (secondary N) is 1. The Morgan fingerprint density at radius 3 is 2.90 bits per heavy atom. The summed E-state index contributed by atoms with van der Waals surface area (Å²) >= 11 is 0. The van der Waals surface area contributed by atoms with E-state index in [9.17, 15) is 13.2 Å². The van der Waals surface area contributed by atoms with E-state index in [-0.39, 0.29) is 18.2 Å². The summed E-state index contributed by atoms with van der Waals surface area (Å²) in [6.07, 6.45) is -4.28. The Morgan fingerprint density at radius 1 is 1.30 bits per heavy atom. The van der Waals surface area contributed by atoms with Gasteiger partial charge in [0.15, 0.2) is 17.4 Å². The largest absolute Gasteiger partial charge is 0.573 e. The van der Waals surface area contributed by atoms with Crippen LogP contribution in [0.1, 0.15) is 6.42 Å². The molecule has 0 atom stereocenters. The van der Waals surface area contributed by atoms with Gasteiger partial charge in [-0.1, -0.05) is 12.1 Å². The molecule has 3 heterocycles. The number of aromatic nitrogens is 4. The molecule has 9 nitrogen and oxygen atoms in total. The number of halogens is 3. The van der Waals surface area contributed by atoms with Gasteiger partial charge >= 0.3 is 6.36 Å². The van der Waals surface area contributed by atoms with Crippen molar-refractivity contribution >= 4 is 17.2 Å². The first kappa shape index (κ1) is 20.0. The van der Waals surface area contributed by atoms with Crippen molar-refractivity contribution in [1.82, 2.24) is 19.8 Å². The Balaban J connectivity index is 1.81. The minimum Gasteiger partial charge on any atom is -0.486 e. The Labute approximate surface area is 169 Å². The van der Waals surface area contributed by atoms with Gasteiger partial charge < -0.3 is 24.8 Å². The third kappa shape index (κ3) is 3.90. The van der Waals surface area contributed by atoms with Crippen LogP contribution in [0.25, 0.3) is 17.0 Å². The molecule has 2 N–H and O–H groups in total. The summed E-state index contributed by atoms with van der Waals surface area (Å²) < 4.78 is 49.0. The molecule has 0 spiro atoms. The monoisotopic (exact) mass is 424 g/mol. The molecule has 3 aromatic rings. The maximum atomic E-state index is 12.6. The van der Waals surface area contributed by atoms with Crippen LogP contribution in [-0.4, -0.2) is 64.6 Å². The van der Waals surface area contributed by atoms with Crippen molar-refractivity contribution in [2.45, 2.75) is 12.8 Å². The van der Waals surface area contributed by atoms with Crippen LogP contribution in [-0.2, 0) is 0 Å². The highest BCUT2D eigenvalue weighted by Gasteiger charge is 2.31. The normalized spacial score (nSPS) is 13.8. The van der Waals surface area contributed by atoms with Crippen molar-refractivity contribution in [3.8, 4) is 22.9 Å². The van der Waals surface area contributed by atoms with Gasteiger partial charge in [0, 0.05) is 25.8 Å². The Hall–Kier alpha value is -3.28. The van der Waals surface area contributed by atoms with Crippen LogP contribution in [0.5, 0.6) is 11.5 Å². The van der Waals surface area contributed by atoms with Gasteiger partial charge in [-0.3, -0.25) is 0 Å². The molecule has 1 aliphatic rings. The molecule has 0 radical (unpaired) electrons. The van der Waals surface area contributed by atoms with E-state index < -0.39 is 6.36 Å². The maximum Gasteiger partial charge on any atom is 0.573 e. The minimum absolute atomic E-state index is 0.0215. The number of aliphatic hydroxyl groups is 1. The average Bonchev–Trinajstić information content (AvgIpc) is 3.11. The fraction of sp³-hybridized carbons (Fsp3) is 0.389. The molecular formula is C18H19F3N6O3. The summed E-state index contributed by atoms with van der Waals surface area (Å²) in [5, 5.41) is 25.1. The van der Waals surface area contributed by atoms with Crippen molar-refractivity contribution in [1.29, 1.82) is 0 Å². The van der Waals surface area contributed by atoms with Crippen molar-refractivity contribution in [2.75, 3.05) is 43.6 Å². The van der Waals surface area contributed by atoms with Crippen LogP contribution in [0, 0.1) is 0 Å². The van der Waals surface area contributed by atoms with Crippen molar-refractivity contribution < 1.29 is 27.8 Å². The summed E-state index contributed by atoms with van der Waals surface area (Å²) in [5.74, 6) is 0.845. The lowest BCUT2D eigenvalue weighted by Crippen LogP contribution is -2.31. The summed E-state index contributed by atoms with van der Waals surface area (Å²) in [5.41, 5.74) is 1.41. The molecule has 1 aromatic carbocycles. The number of nitrogens with zero attached hydrogens (tertiary/aromatic N) is 5. The van der Waals surface area contributed by atoms with Crippen LogP contribution >= 0.6 is 0 Å². The lowest BCUT2D eigenvalue weighted by molar-refractivity contribution is -0.274. The lowest BCUT2D eigenvalue weighted by atomic mass is 10.2. The summed E-state index contributed by atoms with van der Waals surface area (Å²) in [6, 6.07) is 5.44. The fourth-order valence-electron chi connectivity index (χ4n) is 3.18. The molecule has 30 heavy (non-hydrogen) atoms. The number of alkyl halides is 3. The smallest absolute Gasteiger partial charge is 0.486 e. The average molecular weight is 424 g/mol. The molecule has 0 bridgehead atoms. The predicted octanol–water partition coefficient (Wildman–Crippen LogP) is 2.31. The van der Waals surface area contributed by atoms with Gasteiger partial charge in [0.05, 0.1) is 6.54 Å². The number of fused-ring (bicyclic) bond motifs is 3. The molecule has 0 saturated heterocycles. The fourth-order valence-corrected chi connectivity index (χ4v) is 3.18. The van der Waals surface area contributed by atoms with E-state index in [0.717, 1.165) is 0 Å². The highest BCUT2D eigenvalue weighted by Crippen LogP contribution is 2.40. The van der Waals surface area contributed by atoms with Gasteiger partial charge in [0.25, 0.3) is 0 Å². The van der Waals surface area contributed by atoms with Gasteiger partial charge in [-0.25, -0.2) is 0 Å². The standard InChI is InChI=1S/C18H19F3N6O3/c1-26-7-9-29-14-13(26)15(22-6-3-8-28)25-27-16(23-24-17(14)27)11-4-2-5-12(10-11)30-18(19,20)21/h2,4-5,10,28H,3,6-9H2,1H3,(H,22,25). The number of likely N-dealkylation sites (N-methyl/N-ethyl adjacent to an activating group) is 1. The third-order valence-electron chi connectivity index (χ3n) is 4.49. The molecular weight excluding hydrogens is 405 g/mol. The van der Waals surface area contributed by atoms with Crippen LogP contribution in [0.2, 0.25) is 0 Å². The van der Waals surface area contributed by atoms with Crippen LogP contribution in [0.4, 0.5) is 24.7 Å². The summed E-state index contributed by atoms with van der Waals surface area (Å²) in [6.45, 7) is 1.59.